The first-order valence-corrected chi connectivity index (χ1v) is 9.90. The molecule has 2 atom stereocenters. The highest BCUT2D eigenvalue weighted by Crippen LogP contribution is 2.41. The van der Waals surface area contributed by atoms with E-state index in [4.69, 9.17) is 8.83 Å². The Kier molecular flexibility index (Phi) is 4.13. The molecule has 0 aromatic carbocycles. The first-order valence-electron chi connectivity index (χ1n) is 9.90. The van der Waals surface area contributed by atoms with Crippen LogP contribution in [0, 0.1) is 16.7 Å². The van der Waals surface area contributed by atoms with Crippen LogP contribution in [-0.4, -0.2) is 66.5 Å². The number of carbonyl (C=O) groups excluding carboxylic acids is 1. The van der Waals surface area contributed by atoms with Crippen LogP contribution in [0.5, 0.6) is 0 Å². The minimum Gasteiger partial charge on any atom is -0.459 e. The molecule has 3 aliphatic rings. The van der Waals surface area contributed by atoms with Crippen molar-refractivity contribution in [3.8, 4) is 17.7 Å². The maximum Gasteiger partial charge on any atom is 0.266 e. The number of furan rings is 1. The highest BCUT2D eigenvalue weighted by atomic mass is 16.4. The zero-order valence-corrected chi connectivity index (χ0v) is 15.8. The molecule has 0 spiro atoms. The molecule has 5 heterocycles. The molecule has 0 aliphatic carbocycles. The summed E-state index contributed by atoms with van der Waals surface area (Å²) in [4.78, 5) is 23.9. The monoisotopic (exact) mass is 381 g/mol. The Morgan fingerprint density at radius 3 is 2.79 bits per heavy atom. The van der Waals surface area contributed by atoms with Crippen molar-refractivity contribution in [1.29, 1.82) is 5.26 Å². The van der Waals surface area contributed by atoms with Crippen LogP contribution in [0.1, 0.15) is 25.0 Å². The topological polar surface area (TPSA) is 89.7 Å². The molecule has 2 aromatic heterocycles. The van der Waals surface area contributed by atoms with E-state index in [9.17, 15) is 10.1 Å². The lowest BCUT2D eigenvalue weighted by molar-refractivity contribution is -0.143. The van der Waals surface area contributed by atoms with Gasteiger partial charge in [-0.15, -0.1) is 0 Å². The van der Waals surface area contributed by atoms with Gasteiger partial charge in [0.05, 0.1) is 11.7 Å². The van der Waals surface area contributed by atoms with Crippen LogP contribution in [0.25, 0.3) is 11.7 Å². The van der Waals surface area contributed by atoms with Crippen LogP contribution in [0.4, 0.5) is 5.88 Å². The molecule has 3 aliphatic heterocycles. The van der Waals surface area contributed by atoms with Crippen molar-refractivity contribution < 1.29 is 13.6 Å². The molecule has 3 saturated heterocycles. The normalized spacial score (nSPS) is 27.0. The van der Waals surface area contributed by atoms with E-state index < -0.39 is 0 Å². The fraction of sp³-hybridized carbons (Fsp3) is 0.550. The third-order valence-corrected chi connectivity index (χ3v) is 6.32. The lowest BCUT2D eigenvalue weighted by Crippen LogP contribution is -2.54. The summed E-state index contributed by atoms with van der Waals surface area (Å²) >= 11 is 0. The van der Waals surface area contributed by atoms with Gasteiger partial charge in [0.2, 0.25) is 17.5 Å². The molecule has 5 rings (SSSR count). The van der Waals surface area contributed by atoms with E-state index in [2.05, 4.69) is 16.0 Å². The Morgan fingerprint density at radius 1 is 1.18 bits per heavy atom. The standard InChI is InChI=1S/C20H23N5O3/c21-13-15-18(28-17(22-15)16-3-1-12-27-16)24-8-10-25(11-9-24)19(26)20-4-2-6-23(14-20)7-5-20/h1,3,12H,2,4-11,14H2. The largest absolute Gasteiger partial charge is 0.459 e. The second-order valence-electron chi connectivity index (χ2n) is 7.95. The number of anilines is 1. The minimum absolute atomic E-state index is 0.170. The SMILES string of the molecule is N#Cc1nc(-c2ccco2)oc1N1CCN(C(=O)C23CCCN(CC2)C3)CC1. The molecular weight excluding hydrogens is 358 g/mol. The van der Waals surface area contributed by atoms with Crippen molar-refractivity contribution in [3.63, 3.8) is 0 Å². The highest BCUT2D eigenvalue weighted by molar-refractivity contribution is 5.84. The molecule has 0 radical (unpaired) electrons. The first kappa shape index (κ1) is 17.3. The van der Waals surface area contributed by atoms with Gasteiger partial charge in [0.1, 0.15) is 6.07 Å². The number of carbonyl (C=O) groups is 1. The van der Waals surface area contributed by atoms with E-state index in [0.29, 0.717) is 49.6 Å². The zero-order valence-electron chi connectivity index (χ0n) is 15.8. The third-order valence-electron chi connectivity index (χ3n) is 6.32. The van der Waals surface area contributed by atoms with Gasteiger partial charge >= 0.3 is 0 Å². The number of hydrogen-bond donors (Lipinski definition) is 0. The molecule has 28 heavy (non-hydrogen) atoms. The molecule has 1 amide bonds. The average Bonchev–Trinajstić information content (AvgIpc) is 3.47. The predicted molar refractivity (Wildman–Crippen MR) is 100 cm³/mol. The molecule has 8 heteroatoms. The molecule has 0 saturated carbocycles. The van der Waals surface area contributed by atoms with Gasteiger partial charge in [0.15, 0.2) is 5.76 Å². The highest BCUT2D eigenvalue weighted by Gasteiger charge is 2.48. The number of oxazole rings is 1. The molecule has 8 nitrogen and oxygen atoms in total. The molecular formula is C20H23N5O3. The summed E-state index contributed by atoms with van der Waals surface area (Å²) < 4.78 is 11.2. The lowest BCUT2D eigenvalue weighted by atomic mass is 9.79. The summed E-state index contributed by atoms with van der Waals surface area (Å²) in [5.74, 6) is 1.58. The van der Waals surface area contributed by atoms with Crippen LogP contribution >= 0.6 is 0 Å². The van der Waals surface area contributed by atoms with E-state index in [-0.39, 0.29) is 11.1 Å². The van der Waals surface area contributed by atoms with Crippen molar-refractivity contribution in [2.75, 3.05) is 50.7 Å². The van der Waals surface area contributed by atoms with Gasteiger partial charge in [-0.1, -0.05) is 0 Å². The quantitative estimate of drug-likeness (QED) is 0.802. The van der Waals surface area contributed by atoms with Gasteiger partial charge < -0.3 is 23.5 Å². The Labute approximate surface area is 163 Å². The lowest BCUT2D eigenvalue weighted by Gasteiger charge is -2.41. The van der Waals surface area contributed by atoms with Crippen LogP contribution in [0.15, 0.2) is 27.2 Å². The number of nitriles is 1. The molecule has 146 valence electrons. The van der Waals surface area contributed by atoms with Gasteiger partial charge in [-0.2, -0.15) is 10.2 Å². The van der Waals surface area contributed by atoms with E-state index in [1.165, 1.54) is 0 Å². The molecule has 2 unspecified atom stereocenters. The van der Waals surface area contributed by atoms with Gasteiger partial charge in [0, 0.05) is 32.7 Å². The number of piperazine rings is 1. The fourth-order valence-electron chi connectivity index (χ4n) is 4.83. The van der Waals surface area contributed by atoms with E-state index in [1.54, 1.807) is 18.4 Å². The second kappa shape index (κ2) is 6.67. The van der Waals surface area contributed by atoms with E-state index in [1.807, 2.05) is 9.80 Å². The van der Waals surface area contributed by atoms with Crippen molar-refractivity contribution in [1.82, 2.24) is 14.8 Å². The summed E-state index contributed by atoms with van der Waals surface area (Å²) in [6.45, 7) is 5.64. The number of hydrogen-bond acceptors (Lipinski definition) is 7. The van der Waals surface area contributed by atoms with Crippen molar-refractivity contribution in [2.45, 2.75) is 19.3 Å². The van der Waals surface area contributed by atoms with Crippen LogP contribution in [0.2, 0.25) is 0 Å². The molecule has 3 fully saturated rings. The maximum atomic E-state index is 13.2. The third kappa shape index (κ3) is 2.78. The van der Waals surface area contributed by atoms with Crippen molar-refractivity contribution in [2.24, 2.45) is 5.41 Å². The molecule has 2 aromatic rings. The average molecular weight is 381 g/mol. The molecule has 2 bridgehead atoms. The summed E-state index contributed by atoms with van der Waals surface area (Å²) in [6.07, 6.45) is 4.66. The predicted octanol–water partition coefficient (Wildman–Crippen LogP) is 1.94. The zero-order chi connectivity index (χ0) is 19.1. The van der Waals surface area contributed by atoms with Crippen LogP contribution in [-0.2, 0) is 4.79 Å². The number of fused-ring (bicyclic) bond motifs is 2. The summed E-state index contributed by atoms with van der Waals surface area (Å²) in [5, 5.41) is 9.44. The fourth-order valence-corrected chi connectivity index (χ4v) is 4.83. The first-order chi connectivity index (χ1) is 13.7. The number of aromatic nitrogens is 1. The van der Waals surface area contributed by atoms with Crippen molar-refractivity contribution in [3.05, 3.63) is 24.1 Å². The van der Waals surface area contributed by atoms with Gasteiger partial charge in [-0.05, 0) is 44.5 Å². The summed E-state index contributed by atoms with van der Waals surface area (Å²) in [6, 6.07) is 5.61. The van der Waals surface area contributed by atoms with Gasteiger partial charge in [0.25, 0.3) is 5.89 Å². The van der Waals surface area contributed by atoms with Crippen LogP contribution in [0.3, 0.4) is 0 Å². The van der Waals surface area contributed by atoms with E-state index in [0.717, 1.165) is 38.9 Å². The molecule has 0 N–H and O–H groups in total. The minimum atomic E-state index is -0.170. The smallest absolute Gasteiger partial charge is 0.266 e. The summed E-state index contributed by atoms with van der Waals surface area (Å²) in [5.41, 5.74) is 0.0835. The Bertz CT molecular complexity index is 903. The maximum absolute atomic E-state index is 13.2. The number of nitrogens with zero attached hydrogens (tertiary/aromatic N) is 5. The number of amides is 1. The van der Waals surface area contributed by atoms with E-state index >= 15 is 0 Å². The Balaban J connectivity index is 1.29. The summed E-state index contributed by atoms with van der Waals surface area (Å²) in [7, 11) is 0. The van der Waals surface area contributed by atoms with Crippen LogP contribution < -0.4 is 4.90 Å². The van der Waals surface area contributed by atoms with Crippen molar-refractivity contribution >= 4 is 11.8 Å². The number of rotatable bonds is 3. The van der Waals surface area contributed by atoms with Gasteiger partial charge in [-0.3, -0.25) is 4.79 Å². The second-order valence-corrected chi connectivity index (χ2v) is 7.95. The Morgan fingerprint density at radius 2 is 2.04 bits per heavy atom. The van der Waals surface area contributed by atoms with Gasteiger partial charge in [-0.25, -0.2) is 0 Å². The number of piperidine rings is 1. The Hall–Kier alpha value is -2.79.